The molecular formula is C20H18ClNO5. The number of carbonyl (C=O) groups is 2. The number of benzene rings is 2. The molecule has 0 aromatic heterocycles. The Hall–Kier alpha value is -2.99. The highest BCUT2D eigenvalue weighted by Crippen LogP contribution is 2.35. The van der Waals surface area contributed by atoms with E-state index in [1.54, 1.807) is 30.3 Å². The number of hydrogen-bond donors (Lipinski definition) is 1. The molecule has 6 nitrogen and oxygen atoms in total. The van der Waals surface area contributed by atoms with Crippen LogP contribution in [-0.4, -0.2) is 30.1 Å². The van der Waals surface area contributed by atoms with Crippen molar-refractivity contribution in [2.75, 3.05) is 12.0 Å². The highest BCUT2D eigenvalue weighted by molar-refractivity contribution is 6.45. The van der Waals surface area contributed by atoms with Crippen LogP contribution in [0.3, 0.4) is 0 Å². The number of imide groups is 1. The van der Waals surface area contributed by atoms with Crippen LogP contribution in [0.4, 0.5) is 5.69 Å². The molecule has 0 atom stereocenters. The minimum atomic E-state index is -0.807. The van der Waals surface area contributed by atoms with E-state index in [9.17, 15) is 14.7 Å². The molecule has 7 heteroatoms. The van der Waals surface area contributed by atoms with Gasteiger partial charge in [0.05, 0.1) is 29.5 Å². The first-order chi connectivity index (χ1) is 12.8. The average molecular weight is 388 g/mol. The molecule has 3 rings (SSSR count). The third-order valence-corrected chi connectivity index (χ3v) is 4.26. The van der Waals surface area contributed by atoms with E-state index >= 15 is 0 Å². The lowest BCUT2D eigenvalue weighted by Crippen LogP contribution is -2.31. The summed E-state index contributed by atoms with van der Waals surface area (Å²) in [5.74, 6) is -0.999. The third kappa shape index (κ3) is 3.48. The Morgan fingerprint density at radius 3 is 2.26 bits per heavy atom. The van der Waals surface area contributed by atoms with Crippen molar-refractivity contribution in [3.63, 3.8) is 0 Å². The highest BCUT2D eigenvalue weighted by atomic mass is 35.5. The van der Waals surface area contributed by atoms with Gasteiger partial charge in [-0.15, -0.1) is 0 Å². The van der Waals surface area contributed by atoms with Crippen LogP contribution in [0.5, 0.6) is 11.5 Å². The van der Waals surface area contributed by atoms with Crippen LogP contribution in [0.25, 0.3) is 5.57 Å². The van der Waals surface area contributed by atoms with Crippen molar-refractivity contribution >= 4 is 34.7 Å². The summed E-state index contributed by atoms with van der Waals surface area (Å²) < 4.78 is 10.6. The number of carbonyl (C=O) groups excluding carboxylic acids is 2. The van der Waals surface area contributed by atoms with Gasteiger partial charge in [-0.05, 0) is 49.7 Å². The van der Waals surface area contributed by atoms with Crippen LogP contribution in [0.15, 0.2) is 48.2 Å². The molecule has 0 spiro atoms. The first kappa shape index (κ1) is 18.8. The fraction of sp³-hybridized carbons (Fsp3) is 0.200. The summed E-state index contributed by atoms with van der Waals surface area (Å²) >= 11 is 6.09. The van der Waals surface area contributed by atoms with Crippen LogP contribution in [0.2, 0.25) is 5.02 Å². The maximum atomic E-state index is 12.8. The second-order valence-electron chi connectivity index (χ2n) is 6.18. The van der Waals surface area contributed by atoms with E-state index in [0.717, 1.165) is 4.90 Å². The number of hydrogen-bond acceptors (Lipinski definition) is 5. The Labute approximate surface area is 161 Å². The Bertz CT molecular complexity index is 934. The monoisotopic (exact) mass is 387 g/mol. The molecule has 0 bridgehead atoms. The van der Waals surface area contributed by atoms with E-state index < -0.39 is 17.6 Å². The Morgan fingerprint density at radius 1 is 1.04 bits per heavy atom. The quantitative estimate of drug-likeness (QED) is 0.785. The summed E-state index contributed by atoms with van der Waals surface area (Å²) in [7, 11) is 1.46. The zero-order valence-electron chi connectivity index (χ0n) is 15.0. The lowest BCUT2D eigenvalue weighted by atomic mass is 10.1. The van der Waals surface area contributed by atoms with Gasteiger partial charge in [-0.25, -0.2) is 4.90 Å². The van der Waals surface area contributed by atoms with Gasteiger partial charge in [-0.3, -0.25) is 9.59 Å². The molecule has 0 aliphatic carbocycles. The topological polar surface area (TPSA) is 76.1 Å². The second-order valence-corrected chi connectivity index (χ2v) is 6.59. The first-order valence-electron chi connectivity index (χ1n) is 8.26. The summed E-state index contributed by atoms with van der Waals surface area (Å²) in [5, 5.41) is 10.5. The number of methoxy groups -OCH3 is 1. The summed E-state index contributed by atoms with van der Waals surface area (Å²) in [6, 6.07) is 11.1. The van der Waals surface area contributed by atoms with Crippen molar-refractivity contribution < 1.29 is 24.2 Å². The standard InChI is InChI=1S/C20H18ClNO5/c1-11(2)27-14-7-4-12(5-8-14)17-18(23)20(25)22(19(17)24)13-6-9-16(26-3)15(21)10-13/h4-11,23H,1-3H3. The maximum absolute atomic E-state index is 12.8. The van der Waals surface area contributed by atoms with Gasteiger partial charge >= 0.3 is 5.91 Å². The lowest BCUT2D eigenvalue weighted by Gasteiger charge is -2.16. The van der Waals surface area contributed by atoms with Gasteiger partial charge in [-0.2, -0.15) is 0 Å². The number of anilines is 1. The molecule has 0 saturated carbocycles. The van der Waals surface area contributed by atoms with Gasteiger partial charge in [0, 0.05) is 0 Å². The van der Waals surface area contributed by atoms with E-state index in [1.807, 2.05) is 13.8 Å². The molecule has 0 saturated heterocycles. The lowest BCUT2D eigenvalue weighted by molar-refractivity contribution is -0.121. The normalized spacial score (nSPS) is 14.3. The van der Waals surface area contributed by atoms with Crippen molar-refractivity contribution in [3.8, 4) is 11.5 Å². The number of amides is 2. The molecule has 0 radical (unpaired) electrons. The van der Waals surface area contributed by atoms with Crippen LogP contribution in [0, 0.1) is 0 Å². The van der Waals surface area contributed by atoms with Gasteiger partial charge in [0.15, 0.2) is 5.76 Å². The second kappa shape index (κ2) is 7.32. The van der Waals surface area contributed by atoms with Gasteiger partial charge in [0.1, 0.15) is 11.5 Å². The maximum Gasteiger partial charge on any atom is 0.301 e. The fourth-order valence-electron chi connectivity index (χ4n) is 2.78. The molecule has 0 unspecified atom stereocenters. The average Bonchev–Trinajstić information content (AvgIpc) is 2.84. The molecule has 2 amide bonds. The van der Waals surface area contributed by atoms with Crippen molar-refractivity contribution in [1.29, 1.82) is 0 Å². The number of nitrogens with zero attached hydrogens (tertiary/aromatic N) is 1. The molecule has 27 heavy (non-hydrogen) atoms. The van der Waals surface area contributed by atoms with E-state index in [4.69, 9.17) is 21.1 Å². The third-order valence-electron chi connectivity index (χ3n) is 3.97. The van der Waals surface area contributed by atoms with Gasteiger partial charge < -0.3 is 14.6 Å². The van der Waals surface area contributed by atoms with Crippen LogP contribution < -0.4 is 14.4 Å². The molecule has 1 aliphatic rings. The SMILES string of the molecule is COc1ccc(N2C(=O)C(O)=C(c3ccc(OC(C)C)cc3)C2=O)cc1Cl. The molecule has 0 fully saturated rings. The molecule has 2 aromatic carbocycles. The minimum Gasteiger partial charge on any atom is -0.502 e. The van der Waals surface area contributed by atoms with Gasteiger partial charge in [-0.1, -0.05) is 23.7 Å². The summed E-state index contributed by atoms with van der Waals surface area (Å²) in [6.07, 6.45) is 0.00784. The van der Waals surface area contributed by atoms with Crippen LogP contribution in [-0.2, 0) is 9.59 Å². The molecule has 2 aromatic rings. The summed E-state index contributed by atoms with van der Waals surface area (Å²) in [4.78, 5) is 26.2. The number of aliphatic hydroxyl groups is 1. The Balaban J connectivity index is 1.93. The fourth-order valence-corrected chi connectivity index (χ4v) is 3.03. The number of ether oxygens (including phenoxy) is 2. The van der Waals surface area contributed by atoms with Crippen LogP contribution >= 0.6 is 11.6 Å². The molecule has 1 N–H and O–H groups in total. The van der Waals surface area contributed by atoms with Crippen molar-refractivity contribution in [3.05, 3.63) is 58.8 Å². The smallest absolute Gasteiger partial charge is 0.301 e. The van der Waals surface area contributed by atoms with E-state index in [0.29, 0.717) is 17.1 Å². The first-order valence-corrected chi connectivity index (χ1v) is 8.64. The molecule has 140 valence electrons. The molecular weight excluding hydrogens is 370 g/mol. The Kier molecular flexibility index (Phi) is 5.10. The van der Waals surface area contributed by atoms with Gasteiger partial charge in [0.2, 0.25) is 0 Å². The summed E-state index contributed by atoms with van der Waals surface area (Å²) in [6.45, 7) is 3.80. The van der Waals surface area contributed by atoms with E-state index in [2.05, 4.69) is 0 Å². The predicted octanol–water partition coefficient (Wildman–Crippen LogP) is 3.98. The Morgan fingerprint density at radius 2 is 1.70 bits per heavy atom. The minimum absolute atomic E-state index is 0.00784. The van der Waals surface area contributed by atoms with Crippen molar-refractivity contribution in [1.82, 2.24) is 0 Å². The van der Waals surface area contributed by atoms with Gasteiger partial charge in [0.25, 0.3) is 5.91 Å². The van der Waals surface area contributed by atoms with Crippen molar-refractivity contribution in [2.45, 2.75) is 20.0 Å². The largest absolute Gasteiger partial charge is 0.502 e. The highest BCUT2D eigenvalue weighted by Gasteiger charge is 2.40. The summed E-state index contributed by atoms with van der Waals surface area (Å²) in [5.41, 5.74) is 0.601. The van der Waals surface area contributed by atoms with E-state index in [-0.39, 0.29) is 22.4 Å². The predicted molar refractivity (Wildman–Crippen MR) is 102 cm³/mol. The zero-order chi connectivity index (χ0) is 19.7. The van der Waals surface area contributed by atoms with E-state index in [1.165, 1.54) is 19.2 Å². The molecule has 1 aliphatic heterocycles. The van der Waals surface area contributed by atoms with Crippen molar-refractivity contribution in [2.24, 2.45) is 0 Å². The number of halogens is 1. The number of aliphatic hydroxyl groups excluding tert-OH is 1. The number of rotatable bonds is 5. The molecule has 1 heterocycles. The van der Waals surface area contributed by atoms with Crippen LogP contribution in [0.1, 0.15) is 19.4 Å². The zero-order valence-corrected chi connectivity index (χ0v) is 15.8.